The van der Waals surface area contributed by atoms with Crippen molar-refractivity contribution in [3.63, 3.8) is 0 Å². The molecule has 3 rings (SSSR count). The normalized spacial score (nSPS) is 17.2. The van der Waals surface area contributed by atoms with Crippen LogP contribution in [-0.4, -0.2) is 36.5 Å². The monoisotopic (exact) mass is 258 g/mol. The molecular weight excluding hydrogens is 240 g/mol. The van der Waals surface area contributed by atoms with Crippen LogP contribution in [-0.2, 0) is 4.74 Å². The molecule has 1 aliphatic heterocycles. The summed E-state index contributed by atoms with van der Waals surface area (Å²) in [5.74, 6) is 0. The summed E-state index contributed by atoms with van der Waals surface area (Å²) in [5, 5.41) is 14.0. The molecule has 4 heteroatoms. The summed E-state index contributed by atoms with van der Waals surface area (Å²) in [4.78, 5) is 4.52. The molecule has 1 aromatic carbocycles. The van der Waals surface area contributed by atoms with Crippen LogP contribution in [0.1, 0.15) is 5.69 Å². The minimum atomic E-state index is -0.127. The molecule has 1 aliphatic rings. The van der Waals surface area contributed by atoms with Crippen molar-refractivity contribution < 1.29 is 9.84 Å². The van der Waals surface area contributed by atoms with Crippen LogP contribution in [0.5, 0.6) is 0 Å². The zero-order chi connectivity index (χ0) is 13.3. The third-order valence-corrected chi connectivity index (χ3v) is 3.65. The number of nitrogens with one attached hydrogen (secondary N) is 1. The number of aryl methyl sites for hydroxylation is 1. The van der Waals surface area contributed by atoms with E-state index in [2.05, 4.69) is 16.4 Å². The molecule has 0 saturated carbocycles. The van der Waals surface area contributed by atoms with Gasteiger partial charge < -0.3 is 15.2 Å². The van der Waals surface area contributed by atoms with Crippen LogP contribution in [0.15, 0.2) is 30.3 Å². The highest BCUT2D eigenvalue weighted by Gasteiger charge is 2.37. The molecule has 4 nitrogen and oxygen atoms in total. The molecule has 100 valence electrons. The molecule has 2 N–H and O–H groups in total. The van der Waals surface area contributed by atoms with E-state index in [-0.39, 0.29) is 12.0 Å². The van der Waals surface area contributed by atoms with Crippen molar-refractivity contribution in [3.05, 3.63) is 36.0 Å². The third-order valence-electron chi connectivity index (χ3n) is 3.65. The van der Waals surface area contributed by atoms with E-state index in [0.717, 1.165) is 28.8 Å². The van der Waals surface area contributed by atoms with Crippen LogP contribution in [0.4, 0.5) is 5.69 Å². The fourth-order valence-corrected chi connectivity index (χ4v) is 2.38. The van der Waals surface area contributed by atoms with Gasteiger partial charge in [-0.3, -0.25) is 4.98 Å². The topological polar surface area (TPSA) is 54.4 Å². The molecule has 0 radical (unpaired) electrons. The lowest BCUT2D eigenvalue weighted by Gasteiger charge is -2.40. The molecule has 1 fully saturated rings. The van der Waals surface area contributed by atoms with Gasteiger partial charge in [0.1, 0.15) is 0 Å². The Labute approximate surface area is 112 Å². The number of para-hydroxylation sites is 1. The Morgan fingerprint density at radius 3 is 2.84 bits per heavy atom. The van der Waals surface area contributed by atoms with Gasteiger partial charge in [0.15, 0.2) is 0 Å². The van der Waals surface area contributed by atoms with E-state index in [4.69, 9.17) is 4.74 Å². The number of rotatable bonds is 4. The summed E-state index contributed by atoms with van der Waals surface area (Å²) in [6.07, 6.45) is 0. The van der Waals surface area contributed by atoms with E-state index >= 15 is 0 Å². The van der Waals surface area contributed by atoms with Crippen molar-refractivity contribution in [2.75, 3.05) is 31.7 Å². The van der Waals surface area contributed by atoms with E-state index in [1.807, 2.05) is 31.2 Å². The van der Waals surface area contributed by atoms with Gasteiger partial charge in [-0.05, 0) is 19.1 Å². The summed E-state index contributed by atoms with van der Waals surface area (Å²) >= 11 is 0. The molecule has 1 aromatic heterocycles. The van der Waals surface area contributed by atoms with Crippen LogP contribution in [0, 0.1) is 12.3 Å². The van der Waals surface area contributed by atoms with Gasteiger partial charge in [0.25, 0.3) is 0 Å². The lowest BCUT2D eigenvalue weighted by Crippen LogP contribution is -2.50. The molecule has 0 aliphatic carbocycles. The Hall–Kier alpha value is -1.65. The molecule has 0 amide bonds. The second-order valence-corrected chi connectivity index (χ2v) is 5.33. The van der Waals surface area contributed by atoms with Gasteiger partial charge in [0.05, 0.1) is 30.8 Å². The molecule has 2 aromatic rings. The fraction of sp³-hybridized carbons (Fsp3) is 0.400. The summed E-state index contributed by atoms with van der Waals surface area (Å²) in [5.41, 5.74) is 2.93. The molecule has 0 atom stereocenters. The number of hydrogen-bond acceptors (Lipinski definition) is 4. The fourth-order valence-electron chi connectivity index (χ4n) is 2.38. The number of anilines is 1. The highest BCUT2D eigenvalue weighted by molar-refractivity contribution is 5.91. The SMILES string of the molecule is Cc1cc(NCC2(CO)COC2)c2ccccc2n1. The predicted octanol–water partition coefficient (Wildman–Crippen LogP) is 1.96. The molecule has 1 saturated heterocycles. The highest BCUT2D eigenvalue weighted by atomic mass is 16.5. The van der Waals surface area contributed by atoms with Crippen LogP contribution >= 0.6 is 0 Å². The summed E-state index contributed by atoms with van der Waals surface area (Å²) in [7, 11) is 0. The second-order valence-electron chi connectivity index (χ2n) is 5.33. The third kappa shape index (κ3) is 2.29. The second kappa shape index (κ2) is 4.79. The van der Waals surface area contributed by atoms with Crippen molar-refractivity contribution >= 4 is 16.6 Å². The van der Waals surface area contributed by atoms with Gasteiger partial charge in [-0.15, -0.1) is 0 Å². The lowest BCUT2D eigenvalue weighted by atomic mass is 9.87. The van der Waals surface area contributed by atoms with Crippen molar-refractivity contribution in [1.29, 1.82) is 0 Å². The Morgan fingerprint density at radius 2 is 2.16 bits per heavy atom. The molecule has 0 unspecified atom stereocenters. The maximum absolute atomic E-state index is 9.45. The minimum absolute atomic E-state index is 0.127. The van der Waals surface area contributed by atoms with Crippen LogP contribution in [0.2, 0.25) is 0 Å². The maximum atomic E-state index is 9.45. The van der Waals surface area contributed by atoms with Gasteiger partial charge in [-0.1, -0.05) is 18.2 Å². The Bertz CT molecular complexity index is 588. The van der Waals surface area contributed by atoms with Gasteiger partial charge in [0, 0.05) is 23.3 Å². The average molecular weight is 258 g/mol. The van der Waals surface area contributed by atoms with Crippen molar-refractivity contribution in [3.8, 4) is 0 Å². The standard InChI is InChI=1S/C15H18N2O2/c1-11-6-14(12-4-2-3-5-13(12)17-11)16-7-15(8-18)9-19-10-15/h2-6,18H,7-10H2,1H3,(H,16,17). The Morgan fingerprint density at radius 1 is 1.37 bits per heavy atom. The summed E-state index contributed by atoms with van der Waals surface area (Å²) < 4.78 is 5.22. The molecule has 2 heterocycles. The number of nitrogens with zero attached hydrogens (tertiary/aromatic N) is 1. The maximum Gasteiger partial charge on any atom is 0.0725 e. The molecular formula is C15H18N2O2. The van der Waals surface area contributed by atoms with E-state index in [1.165, 1.54) is 0 Å². The van der Waals surface area contributed by atoms with E-state index in [1.54, 1.807) is 0 Å². The zero-order valence-corrected chi connectivity index (χ0v) is 11.0. The first-order valence-electron chi connectivity index (χ1n) is 6.51. The number of aliphatic hydroxyl groups excluding tert-OH is 1. The number of aromatic nitrogens is 1. The van der Waals surface area contributed by atoms with Crippen molar-refractivity contribution in [2.24, 2.45) is 5.41 Å². The van der Waals surface area contributed by atoms with Crippen LogP contribution in [0.3, 0.4) is 0 Å². The van der Waals surface area contributed by atoms with E-state index in [9.17, 15) is 5.11 Å². The Balaban J connectivity index is 1.88. The van der Waals surface area contributed by atoms with E-state index in [0.29, 0.717) is 13.2 Å². The lowest BCUT2D eigenvalue weighted by molar-refractivity contribution is -0.128. The largest absolute Gasteiger partial charge is 0.396 e. The molecule has 0 bridgehead atoms. The Kier molecular flexibility index (Phi) is 3.12. The number of hydrogen-bond donors (Lipinski definition) is 2. The quantitative estimate of drug-likeness (QED) is 0.880. The summed E-state index contributed by atoms with van der Waals surface area (Å²) in [6, 6.07) is 10.1. The number of pyridine rings is 1. The van der Waals surface area contributed by atoms with Crippen molar-refractivity contribution in [2.45, 2.75) is 6.92 Å². The van der Waals surface area contributed by atoms with Crippen LogP contribution in [0.25, 0.3) is 10.9 Å². The number of aliphatic hydroxyl groups is 1. The smallest absolute Gasteiger partial charge is 0.0725 e. The predicted molar refractivity (Wildman–Crippen MR) is 75.3 cm³/mol. The number of ether oxygens (including phenoxy) is 1. The highest BCUT2D eigenvalue weighted by Crippen LogP contribution is 2.29. The van der Waals surface area contributed by atoms with Gasteiger partial charge in [0.2, 0.25) is 0 Å². The minimum Gasteiger partial charge on any atom is -0.396 e. The van der Waals surface area contributed by atoms with Gasteiger partial charge >= 0.3 is 0 Å². The first-order valence-corrected chi connectivity index (χ1v) is 6.51. The number of benzene rings is 1. The summed E-state index contributed by atoms with van der Waals surface area (Å²) in [6.45, 7) is 4.11. The van der Waals surface area contributed by atoms with Gasteiger partial charge in [-0.2, -0.15) is 0 Å². The van der Waals surface area contributed by atoms with E-state index < -0.39 is 0 Å². The van der Waals surface area contributed by atoms with Crippen molar-refractivity contribution in [1.82, 2.24) is 4.98 Å². The first-order chi connectivity index (χ1) is 9.22. The average Bonchev–Trinajstić information content (AvgIpc) is 2.37. The van der Waals surface area contributed by atoms with Gasteiger partial charge in [-0.25, -0.2) is 0 Å². The number of fused-ring (bicyclic) bond motifs is 1. The van der Waals surface area contributed by atoms with Crippen LogP contribution < -0.4 is 5.32 Å². The molecule has 19 heavy (non-hydrogen) atoms. The molecule has 0 spiro atoms. The zero-order valence-electron chi connectivity index (χ0n) is 11.0. The first kappa shape index (κ1) is 12.4.